The summed E-state index contributed by atoms with van der Waals surface area (Å²) < 4.78 is 9.72. The maximum atomic E-state index is 9.72. The van der Waals surface area contributed by atoms with Gasteiger partial charge < -0.3 is 9.79 Å². The van der Waals surface area contributed by atoms with Gasteiger partial charge in [-0.2, -0.15) is 5.26 Å². The molecule has 0 aliphatic rings. The van der Waals surface area contributed by atoms with Crippen molar-refractivity contribution in [2.45, 2.75) is 0 Å². The Labute approximate surface area is 42.0 Å². The van der Waals surface area contributed by atoms with E-state index in [-0.39, 0.29) is 0 Å². The van der Waals surface area contributed by atoms with Gasteiger partial charge in [0.15, 0.2) is 0 Å². The second-order valence-corrected chi connectivity index (χ2v) is 4.72. The average Bonchev–Trinajstić information content (AvgIpc) is 1.30. The van der Waals surface area contributed by atoms with Crippen molar-refractivity contribution in [2.75, 3.05) is 0 Å². The van der Waals surface area contributed by atoms with Crippen LogP contribution in [0.25, 0.3) is 0 Å². The SMILES string of the molecule is N#CPP(=O)(O)O. The van der Waals surface area contributed by atoms with Gasteiger partial charge >= 0.3 is 7.28 Å². The number of hydrogen-bond acceptors (Lipinski definition) is 2. The fourth-order valence-corrected chi connectivity index (χ4v) is 0.586. The zero-order chi connectivity index (χ0) is 5.91. The van der Waals surface area contributed by atoms with Crippen LogP contribution in [0.4, 0.5) is 0 Å². The van der Waals surface area contributed by atoms with E-state index in [2.05, 4.69) is 0 Å². The molecular weight excluding hydrogens is 136 g/mol. The van der Waals surface area contributed by atoms with Crippen molar-refractivity contribution in [3.63, 3.8) is 0 Å². The van der Waals surface area contributed by atoms with Crippen LogP contribution in [-0.2, 0) is 4.57 Å². The van der Waals surface area contributed by atoms with Gasteiger partial charge in [-0.15, -0.1) is 0 Å². The van der Waals surface area contributed by atoms with E-state index in [1.165, 1.54) is 5.81 Å². The Morgan fingerprint density at radius 3 is 2.14 bits per heavy atom. The van der Waals surface area contributed by atoms with Crippen molar-refractivity contribution in [3.8, 4) is 5.81 Å². The van der Waals surface area contributed by atoms with Gasteiger partial charge in [-0.25, -0.2) is 0 Å². The molecule has 0 saturated carbocycles. The van der Waals surface area contributed by atoms with Crippen molar-refractivity contribution >= 4 is 15.6 Å². The minimum absolute atomic E-state index is 0.904. The third-order valence-corrected chi connectivity index (χ3v) is 1.76. The molecule has 1 atom stereocenters. The molecule has 0 spiro atoms. The summed E-state index contributed by atoms with van der Waals surface area (Å²) in [5, 5.41) is 7.67. The molecule has 0 bridgehead atoms. The van der Waals surface area contributed by atoms with Crippen LogP contribution in [0.1, 0.15) is 0 Å². The lowest BCUT2D eigenvalue weighted by molar-refractivity contribution is 0.396. The number of hydrogen-bond donors (Lipinski definition) is 2. The molecule has 0 fully saturated rings. The standard InChI is InChI=1S/CH3NO3P2/c2-1-6-7(3,4)5/h6H,(H2,3,4,5). The van der Waals surface area contributed by atoms with Crippen molar-refractivity contribution in [1.82, 2.24) is 0 Å². The molecule has 7 heavy (non-hydrogen) atoms. The second kappa shape index (κ2) is 2.40. The molecule has 0 rings (SSSR count). The van der Waals surface area contributed by atoms with Gasteiger partial charge in [0.25, 0.3) is 0 Å². The van der Waals surface area contributed by atoms with Gasteiger partial charge in [-0.1, -0.05) is 0 Å². The zero-order valence-corrected chi connectivity index (χ0v) is 5.09. The highest BCUT2D eigenvalue weighted by atomic mass is 32.1. The summed E-state index contributed by atoms with van der Waals surface area (Å²) >= 11 is 0. The zero-order valence-electron chi connectivity index (χ0n) is 3.20. The molecule has 0 aliphatic heterocycles. The highest BCUT2D eigenvalue weighted by Gasteiger charge is 2.09. The summed E-state index contributed by atoms with van der Waals surface area (Å²) in [5.74, 6) is 1.37. The fraction of sp³-hybridized carbons (Fsp3) is 0. The monoisotopic (exact) mass is 139 g/mol. The molecule has 0 aromatic rings. The molecule has 0 aromatic heterocycles. The fourth-order valence-electron chi connectivity index (χ4n) is 0.0651. The van der Waals surface area contributed by atoms with E-state index >= 15 is 0 Å². The minimum atomic E-state index is -4.00. The van der Waals surface area contributed by atoms with E-state index in [1.807, 2.05) is 0 Å². The van der Waals surface area contributed by atoms with Crippen molar-refractivity contribution in [1.29, 1.82) is 5.26 Å². The molecule has 0 aromatic carbocycles. The van der Waals surface area contributed by atoms with E-state index in [0.29, 0.717) is 0 Å². The molecule has 4 nitrogen and oxygen atoms in total. The molecule has 0 saturated heterocycles. The third kappa shape index (κ3) is 6.07. The van der Waals surface area contributed by atoms with E-state index in [1.54, 1.807) is 0 Å². The van der Waals surface area contributed by atoms with Crippen molar-refractivity contribution in [2.24, 2.45) is 0 Å². The molecule has 0 radical (unpaired) electrons. The lowest BCUT2D eigenvalue weighted by Gasteiger charge is -1.90. The van der Waals surface area contributed by atoms with Crippen LogP contribution < -0.4 is 0 Å². The molecule has 40 valence electrons. The van der Waals surface area contributed by atoms with Crippen LogP contribution in [0.2, 0.25) is 0 Å². The first-order valence-electron chi connectivity index (χ1n) is 1.28. The molecule has 1 unspecified atom stereocenters. The van der Waals surface area contributed by atoms with Crippen LogP contribution in [0.3, 0.4) is 0 Å². The predicted octanol–water partition coefficient (Wildman–Crippen LogP) is 0.239. The van der Waals surface area contributed by atoms with Crippen LogP contribution >= 0.6 is 15.6 Å². The summed E-state index contributed by atoms with van der Waals surface area (Å²) in [7, 11) is -4.90. The van der Waals surface area contributed by atoms with Crippen molar-refractivity contribution < 1.29 is 14.4 Å². The first kappa shape index (κ1) is 7.07. The molecular formula is CH3NO3P2. The Bertz CT molecular complexity index is 130. The van der Waals surface area contributed by atoms with Gasteiger partial charge in [0.1, 0.15) is 8.27 Å². The Hall–Kier alpha value is 0.0700. The smallest absolute Gasteiger partial charge is 0.321 e. The van der Waals surface area contributed by atoms with E-state index in [4.69, 9.17) is 15.0 Å². The van der Waals surface area contributed by atoms with Crippen molar-refractivity contribution in [3.05, 3.63) is 0 Å². The Kier molecular flexibility index (Phi) is 2.42. The predicted molar refractivity (Wildman–Crippen MR) is 26.0 cm³/mol. The van der Waals surface area contributed by atoms with E-state index in [0.717, 1.165) is 0 Å². The van der Waals surface area contributed by atoms with Crippen LogP contribution in [0.15, 0.2) is 0 Å². The summed E-state index contributed by atoms with van der Waals surface area (Å²) in [5.41, 5.74) is 0. The van der Waals surface area contributed by atoms with Gasteiger partial charge in [0, 0.05) is 0 Å². The summed E-state index contributed by atoms with van der Waals surface area (Å²) in [6, 6.07) is 0. The maximum Gasteiger partial charge on any atom is 0.355 e. The molecule has 2 N–H and O–H groups in total. The summed E-state index contributed by atoms with van der Waals surface area (Å²) in [6.07, 6.45) is 0. The lowest BCUT2D eigenvalue weighted by atomic mass is 11.8. The normalized spacial score (nSPS) is 12.1. The molecule has 6 heteroatoms. The van der Waals surface area contributed by atoms with Crippen LogP contribution in [0, 0.1) is 11.1 Å². The average molecular weight is 139 g/mol. The van der Waals surface area contributed by atoms with Crippen LogP contribution in [-0.4, -0.2) is 9.79 Å². The van der Waals surface area contributed by atoms with Gasteiger partial charge in [0.2, 0.25) is 0 Å². The highest BCUT2D eigenvalue weighted by Crippen LogP contribution is 2.55. The molecule has 0 aliphatic carbocycles. The van der Waals surface area contributed by atoms with E-state index < -0.39 is 15.6 Å². The Balaban J connectivity index is 3.65. The molecule has 0 heterocycles. The number of nitrogens with zero attached hydrogens (tertiary/aromatic N) is 1. The largest absolute Gasteiger partial charge is 0.355 e. The Morgan fingerprint density at radius 1 is 1.71 bits per heavy atom. The first-order valence-corrected chi connectivity index (χ1v) is 4.73. The highest BCUT2D eigenvalue weighted by molar-refractivity contribution is 8.21. The Morgan fingerprint density at radius 2 is 2.14 bits per heavy atom. The minimum Gasteiger partial charge on any atom is -0.321 e. The second-order valence-electron chi connectivity index (χ2n) is 0.768. The maximum absolute atomic E-state index is 9.72. The van der Waals surface area contributed by atoms with E-state index in [9.17, 15) is 4.57 Å². The third-order valence-electron chi connectivity index (χ3n) is 0.196. The summed E-state index contributed by atoms with van der Waals surface area (Å²) in [4.78, 5) is 15.8. The first-order chi connectivity index (χ1) is 3.06. The summed E-state index contributed by atoms with van der Waals surface area (Å²) in [6.45, 7) is 0. The topological polar surface area (TPSA) is 81.3 Å². The van der Waals surface area contributed by atoms with Gasteiger partial charge in [-0.3, -0.25) is 4.57 Å². The van der Waals surface area contributed by atoms with Gasteiger partial charge in [-0.05, 0) is 0 Å². The molecule has 0 amide bonds. The quantitative estimate of drug-likeness (QED) is 0.509. The van der Waals surface area contributed by atoms with Crippen LogP contribution in [0.5, 0.6) is 0 Å². The lowest BCUT2D eigenvalue weighted by Crippen LogP contribution is -1.59. The van der Waals surface area contributed by atoms with Gasteiger partial charge in [0.05, 0.1) is 5.81 Å². The number of nitriles is 1. The number of rotatable bonds is 1.